The average molecular weight is 733 g/mol. The molecule has 1 heterocycles. The second-order valence-electron chi connectivity index (χ2n) is 12.7. The van der Waals surface area contributed by atoms with Gasteiger partial charge in [-0.3, -0.25) is 9.59 Å². The van der Waals surface area contributed by atoms with Crippen LogP contribution in [0, 0.1) is 0 Å². The fourth-order valence-electron chi connectivity index (χ4n) is 4.46. The smallest absolute Gasteiger partial charge is 0.335 e. The molecule has 17 nitrogen and oxygen atoms in total. The van der Waals surface area contributed by atoms with Crippen molar-refractivity contribution in [1.29, 1.82) is 0 Å². The molecule has 1 fully saturated rings. The lowest BCUT2D eigenvalue weighted by Crippen LogP contribution is -2.57. The number of benzene rings is 1. The Morgan fingerprint density at radius 1 is 0.706 bits per heavy atom. The topological polar surface area (TPSA) is 230 Å². The summed E-state index contributed by atoms with van der Waals surface area (Å²) in [5, 5.41) is 44.1. The van der Waals surface area contributed by atoms with E-state index in [9.17, 15) is 34.8 Å². The Bertz CT molecular complexity index is 1170. The zero-order valence-corrected chi connectivity index (χ0v) is 30.0. The number of hydrogen-bond donors (Lipinski definition) is 6. The maximum absolute atomic E-state index is 12.1. The van der Waals surface area contributed by atoms with Crippen LogP contribution in [0.4, 0.5) is 0 Å². The maximum atomic E-state index is 12.1. The quantitative estimate of drug-likeness (QED) is 0.0667. The van der Waals surface area contributed by atoms with E-state index in [1.165, 1.54) is 6.07 Å². The van der Waals surface area contributed by atoms with Crippen LogP contribution in [0.15, 0.2) is 18.2 Å². The van der Waals surface area contributed by atoms with Gasteiger partial charge in [0.05, 0.1) is 84.3 Å². The Morgan fingerprint density at radius 2 is 1.24 bits per heavy atom. The van der Waals surface area contributed by atoms with Gasteiger partial charge in [0.25, 0.3) is 5.91 Å². The van der Waals surface area contributed by atoms with Crippen LogP contribution >= 0.6 is 0 Å². The standard InChI is InChI=1S/C34H56N2O15/c1-23-29(39)30(40)31(41)33(51-23)49-18-17-46-9-6-35-27(37)5-8-44-11-13-47-15-16-48-14-12-45-10-7-36-28(38)22-50-26-20-24(32(42)43)19-25(21-26)34(2,3)4/h19-21,23,29-31,33,39-41H,5-18,22H2,1-4H3,(H,35,37)(H,36,38)(H,42,43)/t23-,29-,30+,31+,33+/m0/s1. The van der Waals surface area contributed by atoms with Gasteiger partial charge in [-0.05, 0) is 36.1 Å². The van der Waals surface area contributed by atoms with Gasteiger partial charge in [0.1, 0.15) is 24.1 Å². The maximum Gasteiger partial charge on any atom is 0.335 e. The van der Waals surface area contributed by atoms with Crippen LogP contribution in [0.3, 0.4) is 0 Å². The van der Waals surface area contributed by atoms with E-state index in [0.29, 0.717) is 51.9 Å². The van der Waals surface area contributed by atoms with Crippen molar-refractivity contribution < 1.29 is 72.7 Å². The first kappa shape index (κ1) is 44.2. The number of aromatic carboxylic acids is 1. The number of ether oxygens (including phenoxy) is 8. The van der Waals surface area contributed by atoms with Gasteiger partial charge < -0.3 is 69.0 Å². The Hall–Kier alpha value is -2.97. The lowest BCUT2D eigenvalue weighted by molar-refractivity contribution is -0.294. The van der Waals surface area contributed by atoms with Gasteiger partial charge in [-0.1, -0.05) is 20.8 Å². The lowest BCUT2D eigenvalue weighted by atomic mass is 9.86. The highest BCUT2D eigenvalue weighted by atomic mass is 16.7. The first-order valence-corrected chi connectivity index (χ1v) is 17.0. The number of nitrogens with one attached hydrogen (secondary N) is 2. The highest BCUT2D eigenvalue weighted by Gasteiger charge is 2.42. The van der Waals surface area contributed by atoms with Gasteiger partial charge in [0.2, 0.25) is 5.91 Å². The van der Waals surface area contributed by atoms with Crippen LogP contribution in [0.5, 0.6) is 5.75 Å². The van der Waals surface area contributed by atoms with E-state index < -0.39 is 36.7 Å². The van der Waals surface area contributed by atoms with Crippen molar-refractivity contribution in [2.75, 3.05) is 92.4 Å². The molecule has 17 heteroatoms. The van der Waals surface area contributed by atoms with Crippen molar-refractivity contribution in [3.63, 3.8) is 0 Å². The molecule has 2 amide bonds. The lowest BCUT2D eigenvalue weighted by Gasteiger charge is -2.38. The molecule has 0 aromatic heterocycles. The minimum absolute atomic E-state index is 0.0962. The van der Waals surface area contributed by atoms with Gasteiger partial charge in [-0.25, -0.2) is 4.79 Å². The summed E-state index contributed by atoms with van der Waals surface area (Å²) in [4.78, 5) is 35.4. The van der Waals surface area contributed by atoms with Crippen molar-refractivity contribution in [3.8, 4) is 5.75 Å². The minimum Gasteiger partial charge on any atom is -0.484 e. The van der Waals surface area contributed by atoms with Gasteiger partial charge >= 0.3 is 5.97 Å². The molecule has 0 bridgehead atoms. The molecule has 2 rings (SSSR count). The number of carbonyl (C=O) groups excluding carboxylic acids is 2. The molecular formula is C34H56N2O15. The summed E-state index contributed by atoms with van der Waals surface area (Å²) in [7, 11) is 0. The second kappa shape index (κ2) is 24.3. The fraction of sp³-hybridized carbons (Fsp3) is 0.735. The highest BCUT2D eigenvalue weighted by molar-refractivity contribution is 5.88. The largest absolute Gasteiger partial charge is 0.484 e. The summed E-state index contributed by atoms with van der Waals surface area (Å²) >= 11 is 0. The zero-order chi connectivity index (χ0) is 37.6. The third kappa shape index (κ3) is 18.4. The third-order valence-corrected chi connectivity index (χ3v) is 7.43. The van der Waals surface area contributed by atoms with E-state index >= 15 is 0 Å². The number of amides is 2. The first-order chi connectivity index (χ1) is 24.3. The molecule has 1 aliphatic rings. The number of aliphatic hydroxyl groups is 3. The number of carboxylic acids is 1. The predicted octanol–water partition coefficient (Wildman–Crippen LogP) is -0.389. The minimum atomic E-state index is -1.37. The fourth-order valence-corrected chi connectivity index (χ4v) is 4.46. The van der Waals surface area contributed by atoms with Crippen LogP contribution in [0.1, 0.15) is 50.0 Å². The zero-order valence-electron chi connectivity index (χ0n) is 30.0. The van der Waals surface area contributed by atoms with E-state index in [-0.39, 0.29) is 75.4 Å². The molecule has 0 aliphatic carbocycles. The predicted molar refractivity (Wildman–Crippen MR) is 181 cm³/mol. The summed E-state index contributed by atoms with van der Waals surface area (Å²) in [5.74, 6) is -1.29. The van der Waals surface area contributed by atoms with Crippen LogP contribution in [0.25, 0.3) is 0 Å². The van der Waals surface area contributed by atoms with E-state index in [4.69, 9.17) is 37.9 Å². The Kier molecular flexibility index (Phi) is 21.1. The van der Waals surface area contributed by atoms with E-state index in [1.807, 2.05) is 20.8 Å². The molecule has 0 saturated carbocycles. The summed E-state index contributed by atoms with van der Waals surface area (Å²) < 4.78 is 43.3. The number of carboxylic acid groups (broad SMARTS) is 1. The molecule has 292 valence electrons. The van der Waals surface area contributed by atoms with E-state index in [2.05, 4.69) is 10.6 Å². The van der Waals surface area contributed by atoms with Crippen LogP contribution in [-0.2, 0) is 48.2 Å². The molecule has 51 heavy (non-hydrogen) atoms. The Labute approximate surface area is 298 Å². The SMILES string of the molecule is C[C@@H]1O[C@@H](OCCOCCNC(=O)CCOCCOCCOCCOCCNC(=O)COc2cc(C(=O)O)cc(C(C)(C)C)c2)[C@H](O)[C@H](O)[C@H]1O. The van der Waals surface area contributed by atoms with E-state index in [1.54, 1.807) is 19.1 Å². The monoisotopic (exact) mass is 732 g/mol. The van der Waals surface area contributed by atoms with Crippen molar-refractivity contribution in [2.24, 2.45) is 0 Å². The van der Waals surface area contributed by atoms with Gasteiger partial charge in [0, 0.05) is 19.5 Å². The molecular weight excluding hydrogens is 676 g/mol. The Morgan fingerprint density at radius 3 is 1.80 bits per heavy atom. The normalized spacial score (nSPS) is 20.6. The molecule has 0 unspecified atom stereocenters. The molecule has 6 N–H and O–H groups in total. The van der Waals surface area contributed by atoms with Gasteiger partial charge in [-0.2, -0.15) is 0 Å². The number of aliphatic hydroxyl groups excluding tert-OH is 3. The average Bonchev–Trinajstić information content (AvgIpc) is 3.09. The Balaban J connectivity index is 1.33. The summed E-state index contributed by atoms with van der Waals surface area (Å²) in [6.45, 7) is 11.0. The number of rotatable bonds is 26. The first-order valence-electron chi connectivity index (χ1n) is 17.0. The van der Waals surface area contributed by atoms with Crippen LogP contribution in [0.2, 0.25) is 0 Å². The van der Waals surface area contributed by atoms with Crippen molar-refractivity contribution in [2.45, 2.75) is 70.2 Å². The number of hydrogen-bond acceptors (Lipinski definition) is 14. The molecule has 1 aliphatic heterocycles. The van der Waals surface area contributed by atoms with Crippen molar-refractivity contribution in [1.82, 2.24) is 10.6 Å². The van der Waals surface area contributed by atoms with Crippen LogP contribution in [-0.4, -0.2) is 161 Å². The molecule has 0 radical (unpaired) electrons. The highest BCUT2D eigenvalue weighted by Crippen LogP contribution is 2.28. The van der Waals surface area contributed by atoms with Crippen molar-refractivity contribution in [3.05, 3.63) is 29.3 Å². The third-order valence-electron chi connectivity index (χ3n) is 7.43. The summed E-state index contributed by atoms with van der Waals surface area (Å²) in [6.07, 6.45) is -5.47. The summed E-state index contributed by atoms with van der Waals surface area (Å²) in [6, 6.07) is 4.73. The molecule has 0 spiro atoms. The second-order valence-corrected chi connectivity index (χ2v) is 12.7. The van der Waals surface area contributed by atoms with Gasteiger partial charge in [-0.15, -0.1) is 0 Å². The van der Waals surface area contributed by atoms with Crippen molar-refractivity contribution >= 4 is 17.8 Å². The van der Waals surface area contributed by atoms with Crippen LogP contribution < -0.4 is 15.4 Å². The number of carbonyl (C=O) groups is 3. The molecule has 1 aromatic rings. The van der Waals surface area contributed by atoms with Gasteiger partial charge in [0.15, 0.2) is 12.9 Å². The molecule has 1 aromatic carbocycles. The molecule has 1 saturated heterocycles. The van der Waals surface area contributed by atoms with E-state index in [0.717, 1.165) is 5.56 Å². The summed E-state index contributed by atoms with van der Waals surface area (Å²) in [5.41, 5.74) is 0.611. The molecule has 5 atom stereocenters.